The van der Waals surface area contributed by atoms with E-state index >= 15 is 0 Å². The van der Waals surface area contributed by atoms with Crippen LogP contribution in [0.1, 0.15) is 25.0 Å². The van der Waals surface area contributed by atoms with Crippen LogP contribution in [0.2, 0.25) is 0 Å². The molecule has 2 heterocycles. The smallest absolute Gasteiger partial charge is 0.241 e. The van der Waals surface area contributed by atoms with Crippen molar-refractivity contribution in [3.63, 3.8) is 0 Å². The molecule has 0 spiro atoms. The van der Waals surface area contributed by atoms with Gasteiger partial charge in [0.1, 0.15) is 11.4 Å². The van der Waals surface area contributed by atoms with E-state index in [1.807, 2.05) is 36.4 Å². The summed E-state index contributed by atoms with van der Waals surface area (Å²) < 4.78 is 5.45. The molecule has 2 aromatic rings. The maximum atomic E-state index is 12.3. The maximum Gasteiger partial charge on any atom is 0.241 e. The quantitative estimate of drug-likeness (QED) is 0.936. The van der Waals surface area contributed by atoms with Crippen molar-refractivity contribution in [2.45, 2.75) is 24.9 Å². The number of para-hydroxylation sites is 2. The Bertz CT molecular complexity index is 872. The number of carbonyl (C=O) groups excluding carboxylic acids is 1. The normalized spacial score (nSPS) is 23.5. The van der Waals surface area contributed by atoms with Crippen LogP contribution in [0.15, 0.2) is 54.6 Å². The SMILES string of the molecule is COc1ccccc1C=C[C@@]12NC(=O)CN1c1ccccc1C2(C)C. The van der Waals surface area contributed by atoms with Crippen molar-refractivity contribution >= 4 is 17.7 Å². The molecule has 0 aliphatic carbocycles. The highest BCUT2D eigenvalue weighted by Gasteiger charge is 2.59. The number of anilines is 1. The second-order valence-electron chi connectivity index (χ2n) is 7.12. The average Bonchev–Trinajstić information content (AvgIpc) is 3.05. The summed E-state index contributed by atoms with van der Waals surface area (Å²) in [6.45, 7) is 4.74. The summed E-state index contributed by atoms with van der Waals surface area (Å²) in [6.07, 6.45) is 4.15. The van der Waals surface area contributed by atoms with Gasteiger partial charge in [-0.1, -0.05) is 56.3 Å². The molecule has 1 fully saturated rings. The van der Waals surface area contributed by atoms with E-state index < -0.39 is 5.66 Å². The number of ether oxygens (including phenoxy) is 1. The number of hydrogen-bond acceptors (Lipinski definition) is 3. The van der Waals surface area contributed by atoms with E-state index in [4.69, 9.17) is 4.74 Å². The number of nitrogens with one attached hydrogen (secondary N) is 1. The molecule has 1 amide bonds. The fraction of sp³-hybridized carbons (Fsp3) is 0.286. The van der Waals surface area contributed by atoms with Crippen LogP contribution in [-0.4, -0.2) is 25.2 Å². The van der Waals surface area contributed by atoms with Crippen molar-refractivity contribution in [3.05, 3.63) is 65.7 Å². The van der Waals surface area contributed by atoms with Gasteiger partial charge in [0.05, 0.1) is 13.7 Å². The van der Waals surface area contributed by atoms with E-state index in [0.29, 0.717) is 6.54 Å². The van der Waals surface area contributed by atoms with Gasteiger partial charge in [-0.15, -0.1) is 0 Å². The van der Waals surface area contributed by atoms with Crippen molar-refractivity contribution in [2.24, 2.45) is 0 Å². The predicted molar refractivity (Wildman–Crippen MR) is 99.7 cm³/mol. The highest BCUT2D eigenvalue weighted by atomic mass is 16.5. The third kappa shape index (κ3) is 2.10. The number of carbonyl (C=O) groups is 1. The van der Waals surface area contributed by atoms with Crippen LogP contribution in [-0.2, 0) is 10.2 Å². The summed E-state index contributed by atoms with van der Waals surface area (Å²) in [6, 6.07) is 16.2. The number of hydrogen-bond donors (Lipinski definition) is 1. The van der Waals surface area contributed by atoms with Gasteiger partial charge in [0.2, 0.25) is 5.91 Å². The molecule has 1 N–H and O–H groups in total. The molecule has 0 saturated carbocycles. The summed E-state index contributed by atoms with van der Waals surface area (Å²) in [5.74, 6) is 0.867. The molecule has 4 rings (SSSR count). The number of amides is 1. The van der Waals surface area contributed by atoms with Gasteiger partial charge in [-0.3, -0.25) is 4.79 Å². The average molecular weight is 334 g/mol. The van der Waals surface area contributed by atoms with E-state index in [-0.39, 0.29) is 11.3 Å². The van der Waals surface area contributed by atoms with Gasteiger partial charge in [0.25, 0.3) is 0 Å². The molecule has 0 bridgehead atoms. The molecule has 25 heavy (non-hydrogen) atoms. The van der Waals surface area contributed by atoms with E-state index in [2.05, 4.69) is 48.3 Å². The molecule has 0 radical (unpaired) electrons. The first-order valence-electron chi connectivity index (χ1n) is 8.50. The first-order chi connectivity index (χ1) is 12.0. The fourth-order valence-electron chi connectivity index (χ4n) is 4.15. The summed E-state index contributed by atoms with van der Waals surface area (Å²) in [4.78, 5) is 14.5. The lowest BCUT2D eigenvalue weighted by Crippen LogP contribution is -2.58. The highest BCUT2D eigenvalue weighted by molar-refractivity contribution is 5.91. The summed E-state index contributed by atoms with van der Waals surface area (Å²) >= 11 is 0. The Morgan fingerprint density at radius 2 is 1.84 bits per heavy atom. The Balaban J connectivity index is 1.84. The van der Waals surface area contributed by atoms with Crippen molar-refractivity contribution < 1.29 is 9.53 Å². The second-order valence-corrected chi connectivity index (χ2v) is 7.12. The van der Waals surface area contributed by atoms with Crippen LogP contribution in [0.4, 0.5) is 5.69 Å². The molecule has 4 nitrogen and oxygen atoms in total. The molecule has 2 aliphatic rings. The Morgan fingerprint density at radius 1 is 1.12 bits per heavy atom. The van der Waals surface area contributed by atoms with E-state index in [1.165, 1.54) is 5.56 Å². The van der Waals surface area contributed by atoms with Gasteiger partial charge in [-0.05, 0) is 23.8 Å². The third-order valence-electron chi connectivity index (χ3n) is 5.52. The van der Waals surface area contributed by atoms with Gasteiger partial charge < -0.3 is 15.0 Å². The van der Waals surface area contributed by atoms with Gasteiger partial charge in [-0.2, -0.15) is 0 Å². The zero-order valence-electron chi connectivity index (χ0n) is 14.7. The molecule has 2 aliphatic heterocycles. The number of rotatable bonds is 3. The Labute approximate surface area is 148 Å². The van der Waals surface area contributed by atoms with Gasteiger partial charge in [0, 0.05) is 16.7 Å². The van der Waals surface area contributed by atoms with Crippen molar-refractivity contribution in [1.29, 1.82) is 0 Å². The molecule has 2 aromatic carbocycles. The fourth-order valence-corrected chi connectivity index (χ4v) is 4.15. The minimum atomic E-state index is -0.575. The number of fused-ring (bicyclic) bond motifs is 3. The van der Waals surface area contributed by atoms with E-state index in [9.17, 15) is 4.79 Å². The number of benzene rings is 2. The lowest BCUT2D eigenvalue weighted by molar-refractivity contribution is -0.118. The van der Waals surface area contributed by atoms with Crippen molar-refractivity contribution in [1.82, 2.24) is 5.32 Å². The van der Waals surface area contributed by atoms with Crippen LogP contribution < -0.4 is 15.0 Å². The zero-order chi connectivity index (χ0) is 17.7. The van der Waals surface area contributed by atoms with Crippen LogP contribution >= 0.6 is 0 Å². The van der Waals surface area contributed by atoms with Gasteiger partial charge in [0.15, 0.2) is 0 Å². The van der Waals surface area contributed by atoms with Gasteiger partial charge in [-0.25, -0.2) is 0 Å². The minimum absolute atomic E-state index is 0.0484. The zero-order valence-corrected chi connectivity index (χ0v) is 14.7. The van der Waals surface area contributed by atoms with E-state index in [1.54, 1.807) is 7.11 Å². The summed E-state index contributed by atoms with van der Waals surface area (Å²) in [5, 5.41) is 3.23. The minimum Gasteiger partial charge on any atom is -0.496 e. The molecule has 128 valence electrons. The molecule has 0 aromatic heterocycles. The van der Waals surface area contributed by atoms with Gasteiger partial charge >= 0.3 is 0 Å². The number of methoxy groups -OCH3 is 1. The Kier molecular flexibility index (Phi) is 3.39. The standard InChI is InChI=1S/C21H22N2O2/c1-20(2)16-9-5-6-10-17(16)23-14-19(24)22-21(20,23)13-12-15-8-4-7-11-18(15)25-3/h4-13H,14H2,1-3H3,(H,22,24)/t21-/m1/s1. The molecule has 1 atom stereocenters. The van der Waals surface area contributed by atoms with Crippen LogP contribution in [0, 0.1) is 0 Å². The van der Waals surface area contributed by atoms with Crippen LogP contribution in [0.25, 0.3) is 6.08 Å². The van der Waals surface area contributed by atoms with Crippen molar-refractivity contribution in [2.75, 3.05) is 18.6 Å². The first-order valence-corrected chi connectivity index (χ1v) is 8.50. The Hall–Kier alpha value is -2.75. The van der Waals surface area contributed by atoms with Crippen LogP contribution in [0.5, 0.6) is 5.75 Å². The summed E-state index contributed by atoms with van der Waals surface area (Å²) in [7, 11) is 1.67. The molecular formula is C21H22N2O2. The number of nitrogens with zero attached hydrogens (tertiary/aromatic N) is 1. The lowest BCUT2D eigenvalue weighted by atomic mass is 9.75. The molecule has 1 saturated heterocycles. The molecular weight excluding hydrogens is 312 g/mol. The highest BCUT2D eigenvalue weighted by Crippen LogP contribution is 2.52. The molecule has 0 unspecified atom stereocenters. The molecule has 4 heteroatoms. The summed E-state index contributed by atoms with van der Waals surface area (Å²) in [5.41, 5.74) is 2.53. The third-order valence-corrected chi connectivity index (χ3v) is 5.52. The lowest BCUT2D eigenvalue weighted by Gasteiger charge is -2.40. The Morgan fingerprint density at radius 3 is 2.64 bits per heavy atom. The monoisotopic (exact) mass is 334 g/mol. The van der Waals surface area contributed by atoms with Crippen molar-refractivity contribution in [3.8, 4) is 5.75 Å². The van der Waals surface area contributed by atoms with E-state index in [0.717, 1.165) is 17.0 Å². The topological polar surface area (TPSA) is 41.6 Å². The first kappa shape index (κ1) is 15.8. The predicted octanol–water partition coefficient (Wildman–Crippen LogP) is 3.33. The van der Waals surface area contributed by atoms with Crippen LogP contribution in [0.3, 0.4) is 0 Å². The second kappa shape index (κ2) is 5.38. The largest absolute Gasteiger partial charge is 0.496 e. The maximum absolute atomic E-state index is 12.3.